The Labute approximate surface area is 54.8 Å². The molecule has 3 N–H and O–H groups in total. The molecule has 1 atom stereocenters. The second-order valence-corrected chi connectivity index (χ2v) is 1.59. The third-order valence-corrected chi connectivity index (χ3v) is 0.616. The molecule has 0 aromatic rings. The van der Waals surface area contributed by atoms with Gasteiger partial charge in [0.2, 0.25) is 0 Å². The zero-order valence-electron chi connectivity index (χ0n) is 5.70. The normalized spacial score (nSPS) is 15.0. The van der Waals surface area contributed by atoms with Crippen LogP contribution < -0.4 is 11.1 Å². The van der Waals surface area contributed by atoms with Crippen molar-refractivity contribution in [1.29, 1.82) is 0 Å². The van der Waals surface area contributed by atoms with Gasteiger partial charge in [-0.25, -0.2) is 0 Å². The first-order chi connectivity index (χ1) is 4.27. The number of nitrogens with one attached hydrogen (secondary N) is 1. The van der Waals surface area contributed by atoms with Gasteiger partial charge in [0.15, 0.2) is 0 Å². The van der Waals surface area contributed by atoms with Crippen LogP contribution in [0.1, 0.15) is 6.92 Å². The molecule has 0 saturated heterocycles. The molecule has 0 fully saturated rings. The Morgan fingerprint density at radius 1 is 1.67 bits per heavy atom. The van der Waals surface area contributed by atoms with Crippen LogP contribution in [0.3, 0.4) is 0 Å². The van der Waals surface area contributed by atoms with E-state index < -0.39 is 0 Å². The third-order valence-electron chi connectivity index (χ3n) is 0.616. The molecular formula is C5H12N4. The van der Waals surface area contributed by atoms with Crippen molar-refractivity contribution in [1.82, 2.24) is 5.32 Å². The standard InChI is InChI=1S/C5H12N4/c1-5(6)8-3-4-9-7-2/h3-5,8H,6H2,1-2H3/b4-3-,9-7-. The van der Waals surface area contributed by atoms with Crippen LogP contribution in [0.4, 0.5) is 0 Å². The van der Waals surface area contributed by atoms with E-state index in [1.165, 1.54) is 0 Å². The Bertz CT molecular complexity index is 106. The van der Waals surface area contributed by atoms with E-state index in [-0.39, 0.29) is 6.17 Å². The molecule has 0 aromatic carbocycles. The van der Waals surface area contributed by atoms with Crippen molar-refractivity contribution in [3.63, 3.8) is 0 Å². The molecule has 1 unspecified atom stereocenters. The molecule has 4 heteroatoms. The number of hydrogen-bond donors (Lipinski definition) is 2. The molecule has 0 saturated carbocycles. The Hall–Kier alpha value is -0.900. The highest BCUT2D eigenvalue weighted by Gasteiger charge is 1.80. The molecule has 0 aliphatic heterocycles. The van der Waals surface area contributed by atoms with Crippen LogP contribution in [-0.2, 0) is 0 Å². The molecule has 0 aliphatic carbocycles. The van der Waals surface area contributed by atoms with Crippen molar-refractivity contribution >= 4 is 0 Å². The number of nitrogens with zero attached hydrogens (tertiary/aromatic N) is 2. The average Bonchev–Trinajstić information content (AvgIpc) is 1.80. The molecule has 52 valence electrons. The van der Waals surface area contributed by atoms with Crippen molar-refractivity contribution < 1.29 is 0 Å². The van der Waals surface area contributed by atoms with Crippen LogP contribution >= 0.6 is 0 Å². The maximum Gasteiger partial charge on any atom is 0.0709 e. The molecule has 0 spiro atoms. The number of hydrogen-bond acceptors (Lipinski definition) is 4. The summed E-state index contributed by atoms with van der Waals surface area (Å²) in [5, 5.41) is 9.88. The Balaban J connectivity index is 3.25. The first-order valence-electron chi connectivity index (χ1n) is 2.73. The lowest BCUT2D eigenvalue weighted by atomic mass is 10.6. The van der Waals surface area contributed by atoms with Gasteiger partial charge in [-0.15, -0.1) is 0 Å². The van der Waals surface area contributed by atoms with Crippen LogP contribution in [0, 0.1) is 0 Å². The fraction of sp³-hybridized carbons (Fsp3) is 0.600. The first kappa shape index (κ1) is 8.10. The van der Waals surface area contributed by atoms with E-state index in [9.17, 15) is 0 Å². The molecule has 0 bridgehead atoms. The maximum atomic E-state index is 5.34. The van der Waals surface area contributed by atoms with E-state index in [1.807, 2.05) is 6.92 Å². The molecule has 9 heavy (non-hydrogen) atoms. The minimum absolute atomic E-state index is 0.0340. The van der Waals surface area contributed by atoms with E-state index in [0.717, 1.165) is 0 Å². The summed E-state index contributed by atoms with van der Waals surface area (Å²) >= 11 is 0. The second kappa shape index (κ2) is 5.24. The summed E-state index contributed by atoms with van der Waals surface area (Å²) in [4.78, 5) is 0. The fourth-order valence-electron chi connectivity index (χ4n) is 0.295. The van der Waals surface area contributed by atoms with Gasteiger partial charge in [-0.3, -0.25) is 0 Å². The molecule has 0 rings (SSSR count). The van der Waals surface area contributed by atoms with Crippen LogP contribution in [0.15, 0.2) is 22.6 Å². The van der Waals surface area contributed by atoms with Gasteiger partial charge < -0.3 is 11.1 Å². The summed E-state index contributed by atoms with van der Waals surface area (Å²) in [5.74, 6) is 0. The molecule has 4 nitrogen and oxygen atoms in total. The summed E-state index contributed by atoms with van der Waals surface area (Å²) in [6.07, 6.45) is 3.16. The highest BCUT2D eigenvalue weighted by atomic mass is 15.1. The summed E-state index contributed by atoms with van der Waals surface area (Å²) in [7, 11) is 1.61. The smallest absolute Gasteiger partial charge is 0.0709 e. The van der Waals surface area contributed by atoms with E-state index in [0.29, 0.717) is 0 Å². The zero-order valence-corrected chi connectivity index (χ0v) is 5.70. The van der Waals surface area contributed by atoms with Gasteiger partial charge in [-0.05, 0) is 6.92 Å². The molecule has 0 aromatic heterocycles. The molecular weight excluding hydrogens is 116 g/mol. The first-order valence-corrected chi connectivity index (χ1v) is 2.73. The number of nitrogens with two attached hydrogens (primary N) is 1. The lowest BCUT2D eigenvalue weighted by Gasteiger charge is -2.00. The van der Waals surface area contributed by atoms with Crippen LogP contribution in [0.25, 0.3) is 0 Å². The van der Waals surface area contributed by atoms with Crippen molar-refractivity contribution in [2.75, 3.05) is 7.05 Å². The van der Waals surface area contributed by atoms with Crippen LogP contribution in [-0.4, -0.2) is 13.2 Å². The third kappa shape index (κ3) is 7.10. The predicted molar refractivity (Wildman–Crippen MR) is 36.7 cm³/mol. The van der Waals surface area contributed by atoms with Crippen molar-refractivity contribution in [2.45, 2.75) is 13.1 Å². The van der Waals surface area contributed by atoms with E-state index in [2.05, 4.69) is 15.5 Å². The zero-order chi connectivity index (χ0) is 7.11. The molecule has 0 aliphatic rings. The number of azo groups is 1. The minimum Gasteiger partial charge on any atom is -0.375 e. The quantitative estimate of drug-likeness (QED) is 0.427. The highest BCUT2D eigenvalue weighted by molar-refractivity contribution is 4.76. The van der Waals surface area contributed by atoms with Crippen LogP contribution in [0.2, 0.25) is 0 Å². The minimum atomic E-state index is -0.0340. The summed E-state index contributed by atoms with van der Waals surface area (Å²) < 4.78 is 0. The van der Waals surface area contributed by atoms with Crippen LogP contribution in [0.5, 0.6) is 0 Å². The maximum absolute atomic E-state index is 5.34. The Kier molecular flexibility index (Phi) is 4.72. The lowest BCUT2D eigenvalue weighted by molar-refractivity contribution is 0.669. The van der Waals surface area contributed by atoms with Gasteiger partial charge in [0.25, 0.3) is 0 Å². The van der Waals surface area contributed by atoms with Crippen molar-refractivity contribution in [2.24, 2.45) is 16.0 Å². The van der Waals surface area contributed by atoms with Gasteiger partial charge in [0.05, 0.1) is 12.4 Å². The topological polar surface area (TPSA) is 62.8 Å². The lowest BCUT2D eigenvalue weighted by Crippen LogP contribution is -2.29. The summed E-state index contributed by atoms with van der Waals surface area (Å²) in [5.41, 5.74) is 5.34. The molecule has 0 amide bonds. The van der Waals surface area contributed by atoms with Gasteiger partial charge in [-0.2, -0.15) is 10.2 Å². The Morgan fingerprint density at radius 3 is 2.78 bits per heavy atom. The average molecular weight is 128 g/mol. The van der Waals surface area contributed by atoms with Gasteiger partial charge in [-0.1, -0.05) is 0 Å². The fourth-order valence-corrected chi connectivity index (χ4v) is 0.295. The largest absolute Gasteiger partial charge is 0.375 e. The second-order valence-electron chi connectivity index (χ2n) is 1.59. The van der Waals surface area contributed by atoms with Crippen molar-refractivity contribution in [3.8, 4) is 0 Å². The molecule has 0 radical (unpaired) electrons. The van der Waals surface area contributed by atoms with Gasteiger partial charge >= 0.3 is 0 Å². The Morgan fingerprint density at radius 2 is 2.33 bits per heavy atom. The highest BCUT2D eigenvalue weighted by Crippen LogP contribution is 1.72. The van der Waals surface area contributed by atoms with Gasteiger partial charge in [0.1, 0.15) is 0 Å². The van der Waals surface area contributed by atoms with E-state index >= 15 is 0 Å². The predicted octanol–water partition coefficient (Wildman–Crippen LogP) is 0.434. The SMILES string of the molecule is C/N=N\C=C/NC(C)N. The number of rotatable bonds is 3. The summed E-state index contributed by atoms with van der Waals surface area (Å²) in [6.45, 7) is 1.84. The monoisotopic (exact) mass is 128 g/mol. The van der Waals surface area contributed by atoms with Crippen molar-refractivity contribution in [3.05, 3.63) is 12.4 Å². The van der Waals surface area contributed by atoms with E-state index in [1.54, 1.807) is 19.4 Å². The van der Waals surface area contributed by atoms with E-state index in [4.69, 9.17) is 5.73 Å². The molecule has 0 heterocycles. The summed E-state index contributed by atoms with van der Waals surface area (Å²) in [6, 6.07) is 0. The van der Waals surface area contributed by atoms with Gasteiger partial charge in [0, 0.05) is 13.2 Å².